The monoisotopic (exact) mass is 291 g/mol. The Morgan fingerprint density at radius 1 is 1.41 bits per heavy atom. The van der Waals surface area contributed by atoms with E-state index in [0.717, 1.165) is 34.1 Å². The van der Waals surface area contributed by atoms with Crippen LogP contribution in [0.1, 0.15) is 16.8 Å². The van der Waals surface area contributed by atoms with Crippen molar-refractivity contribution in [2.45, 2.75) is 26.4 Å². The molecule has 0 radical (unpaired) electrons. The zero-order chi connectivity index (χ0) is 12.0. The van der Waals surface area contributed by atoms with E-state index in [4.69, 9.17) is 9.72 Å². The van der Waals surface area contributed by atoms with Crippen molar-refractivity contribution in [3.05, 3.63) is 35.0 Å². The summed E-state index contributed by atoms with van der Waals surface area (Å²) in [5.41, 5.74) is 4.65. The average molecular weight is 292 g/mol. The predicted molar refractivity (Wildman–Crippen MR) is 73.1 cm³/mol. The van der Waals surface area contributed by atoms with E-state index in [9.17, 15) is 0 Å². The SMILES string of the molecule is Cc1nc2c(C)cccc2c2c1CC(CBr)O2. The van der Waals surface area contributed by atoms with E-state index in [1.165, 1.54) is 11.1 Å². The van der Waals surface area contributed by atoms with Gasteiger partial charge in [-0.1, -0.05) is 28.1 Å². The molecule has 2 nitrogen and oxygen atoms in total. The number of alkyl halides is 1. The maximum absolute atomic E-state index is 6.02. The molecule has 1 aliphatic rings. The summed E-state index contributed by atoms with van der Waals surface area (Å²) in [6, 6.07) is 6.27. The number of aryl methyl sites for hydroxylation is 2. The van der Waals surface area contributed by atoms with Crippen molar-refractivity contribution in [1.29, 1.82) is 0 Å². The first-order chi connectivity index (χ1) is 8.20. The summed E-state index contributed by atoms with van der Waals surface area (Å²) in [7, 11) is 0. The van der Waals surface area contributed by atoms with Crippen LogP contribution in [-0.4, -0.2) is 16.4 Å². The number of rotatable bonds is 1. The highest BCUT2D eigenvalue weighted by Crippen LogP contribution is 2.38. The van der Waals surface area contributed by atoms with Crippen LogP contribution >= 0.6 is 15.9 Å². The van der Waals surface area contributed by atoms with Crippen molar-refractivity contribution in [3.8, 4) is 5.75 Å². The third-order valence-electron chi connectivity index (χ3n) is 3.36. The predicted octanol–water partition coefficient (Wildman–Crippen LogP) is 3.55. The molecule has 0 spiro atoms. The van der Waals surface area contributed by atoms with Gasteiger partial charge in [0.25, 0.3) is 0 Å². The average Bonchev–Trinajstić information content (AvgIpc) is 2.76. The molecule has 2 heterocycles. The van der Waals surface area contributed by atoms with Crippen molar-refractivity contribution in [1.82, 2.24) is 4.98 Å². The second kappa shape index (κ2) is 3.98. The number of ether oxygens (including phenoxy) is 1. The van der Waals surface area contributed by atoms with E-state index in [1.807, 2.05) is 0 Å². The third-order valence-corrected chi connectivity index (χ3v) is 4.08. The fourth-order valence-electron chi connectivity index (χ4n) is 2.45. The highest BCUT2D eigenvalue weighted by atomic mass is 79.9. The van der Waals surface area contributed by atoms with Gasteiger partial charge in [-0.05, 0) is 25.5 Å². The first kappa shape index (κ1) is 11.0. The Labute approximate surface area is 109 Å². The highest BCUT2D eigenvalue weighted by molar-refractivity contribution is 9.09. The number of hydrogen-bond donors (Lipinski definition) is 0. The molecular weight excluding hydrogens is 278 g/mol. The molecule has 0 amide bonds. The van der Waals surface area contributed by atoms with Gasteiger partial charge in [0.2, 0.25) is 0 Å². The van der Waals surface area contributed by atoms with Gasteiger partial charge in [-0.2, -0.15) is 0 Å². The first-order valence-electron chi connectivity index (χ1n) is 5.82. The number of hydrogen-bond acceptors (Lipinski definition) is 2. The van der Waals surface area contributed by atoms with Crippen LogP contribution in [0.25, 0.3) is 10.9 Å². The summed E-state index contributed by atoms with van der Waals surface area (Å²) in [4.78, 5) is 4.72. The van der Waals surface area contributed by atoms with Gasteiger partial charge in [0.1, 0.15) is 11.9 Å². The van der Waals surface area contributed by atoms with Gasteiger partial charge in [-0.25, -0.2) is 0 Å². The van der Waals surface area contributed by atoms with Crippen LogP contribution < -0.4 is 4.74 Å². The van der Waals surface area contributed by atoms with E-state index in [2.05, 4.69) is 48.0 Å². The van der Waals surface area contributed by atoms with Gasteiger partial charge >= 0.3 is 0 Å². The molecule has 1 atom stereocenters. The molecule has 3 rings (SSSR count). The van der Waals surface area contributed by atoms with Crippen LogP contribution in [0.2, 0.25) is 0 Å². The molecule has 1 aromatic carbocycles. The minimum absolute atomic E-state index is 0.247. The minimum atomic E-state index is 0.247. The zero-order valence-electron chi connectivity index (χ0n) is 9.96. The normalized spacial score (nSPS) is 18.2. The van der Waals surface area contributed by atoms with Crippen molar-refractivity contribution >= 4 is 26.8 Å². The Kier molecular flexibility index (Phi) is 2.58. The quantitative estimate of drug-likeness (QED) is 0.750. The van der Waals surface area contributed by atoms with Gasteiger partial charge in [0, 0.05) is 28.4 Å². The van der Waals surface area contributed by atoms with Crippen LogP contribution in [0, 0.1) is 13.8 Å². The van der Waals surface area contributed by atoms with Crippen LogP contribution in [0.15, 0.2) is 18.2 Å². The van der Waals surface area contributed by atoms with E-state index in [0.29, 0.717) is 0 Å². The standard InChI is InChI=1S/C14H14BrNO/c1-8-4-3-5-11-13(8)16-9(2)12-6-10(7-15)17-14(11)12/h3-5,10H,6-7H2,1-2H3. The van der Waals surface area contributed by atoms with Gasteiger partial charge in [0.05, 0.1) is 5.52 Å². The Hall–Kier alpha value is -1.09. The van der Waals surface area contributed by atoms with Crippen LogP contribution in [0.5, 0.6) is 5.75 Å². The van der Waals surface area contributed by atoms with Crippen LogP contribution in [-0.2, 0) is 6.42 Å². The van der Waals surface area contributed by atoms with Gasteiger partial charge in [0.15, 0.2) is 0 Å². The summed E-state index contributed by atoms with van der Waals surface area (Å²) < 4.78 is 6.02. The maximum Gasteiger partial charge on any atom is 0.134 e. The second-order valence-corrected chi connectivity index (χ2v) is 5.22. The fraction of sp³-hybridized carbons (Fsp3) is 0.357. The molecule has 1 aliphatic heterocycles. The summed E-state index contributed by atoms with van der Waals surface area (Å²) in [5, 5.41) is 2.02. The molecule has 17 heavy (non-hydrogen) atoms. The Morgan fingerprint density at radius 2 is 2.24 bits per heavy atom. The van der Waals surface area contributed by atoms with Crippen molar-refractivity contribution in [2.75, 3.05) is 5.33 Å². The molecule has 0 saturated carbocycles. The largest absolute Gasteiger partial charge is 0.488 e. The Bertz CT molecular complexity index is 594. The molecular formula is C14H14BrNO. The number of aromatic nitrogens is 1. The number of benzene rings is 1. The number of halogens is 1. The minimum Gasteiger partial charge on any atom is -0.488 e. The number of pyridine rings is 1. The molecule has 0 bridgehead atoms. The van der Waals surface area contributed by atoms with E-state index >= 15 is 0 Å². The molecule has 0 aliphatic carbocycles. The fourth-order valence-corrected chi connectivity index (χ4v) is 2.81. The van der Waals surface area contributed by atoms with Crippen molar-refractivity contribution in [3.63, 3.8) is 0 Å². The summed E-state index contributed by atoms with van der Waals surface area (Å²) in [6.45, 7) is 4.17. The highest BCUT2D eigenvalue weighted by Gasteiger charge is 2.26. The summed E-state index contributed by atoms with van der Waals surface area (Å²) >= 11 is 3.49. The lowest BCUT2D eigenvalue weighted by Crippen LogP contribution is -2.13. The lowest BCUT2D eigenvalue weighted by molar-refractivity contribution is 0.263. The van der Waals surface area contributed by atoms with Crippen LogP contribution in [0.3, 0.4) is 0 Å². The number of nitrogens with zero attached hydrogens (tertiary/aromatic N) is 1. The van der Waals surface area contributed by atoms with Crippen LogP contribution in [0.4, 0.5) is 0 Å². The lowest BCUT2D eigenvalue weighted by Gasteiger charge is -2.09. The number of para-hydroxylation sites is 1. The molecule has 2 aromatic rings. The Balaban J connectivity index is 2.30. The van der Waals surface area contributed by atoms with Crippen molar-refractivity contribution in [2.24, 2.45) is 0 Å². The molecule has 1 aromatic heterocycles. The van der Waals surface area contributed by atoms with Gasteiger partial charge < -0.3 is 4.74 Å². The first-order valence-corrected chi connectivity index (χ1v) is 6.94. The van der Waals surface area contributed by atoms with Gasteiger partial charge in [-0.15, -0.1) is 0 Å². The van der Waals surface area contributed by atoms with E-state index in [1.54, 1.807) is 0 Å². The molecule has 3 heteroatoms. The zero-order valence-corrected chi connectivity index (χ0v) is 11.5. The van der Waals surface area contributed by atoms with E-state index < -0.39 is 0 Å². The van der Waals surface area contributed by atoms with Gasteiger partial charge in [-0.3, -0.25) is 4.98 Å². The second-order valence-electron chi connectivity index (χ2n) is 4.57. The lowest BCUT2D eigenvalue weighted by atomic mass is 10.0. The summed E-state index contributed by atoms with van der Waals surface area (Å²) in [6.07, 6.45) is 1.21. The molecule has 88 valence electrons. The van der Waals surface area contributed by atoms with E-state index in [-0.39, 0.29) is 6.10 Å². The third kappa shape index (κ3) is 1.64. The molecule has 0 N–H and O–H groups in total. The topological polar surface area (TPSA) is 22.1 Å². The van der Waals surface area contributed by atoms with Crippen molar-refractivity contribution < 1.29 is 4.74 Å². The smallest absolute Gasteiger partial charge is 0.134 e. The Morgan fingerprint density at radius 3 is 3.00 bits per heavy atom. The maximum atomic E-state index is 6.02. The number of fused-ring (bicyclic) bond motifs is 3. The molecule has 0 saturated heterocycles. The molecule has 0 fully saturated rings. The summed E-state index contributed by atoms with van der Waals surface area (Å²) in [5.74, 6) is 1.04. The molecule has 1 unspecified atom stereocenters.